The molecule has 1 amide bonds. The summed E-state index contributed by atoms with van der Waals surface area (Å²) < 4.78 is 30.5. The van der Waals surface area contributed by atoms with Crippen LogP contribution in [0.15, 0.2) is 48.5 Å². The van der Waals surface area contributed by atoms with Gasteiger partial charge in [-0.1, -0.05) is 31.7 Å². The fraction of sp³-hybridized carbons (Fsp3) is 0.440. The molecule has 2 fully saturated rings. The zero-order chi connectivity index (χ0) is 22.8. The number of carboxylic acids is 1. The number of ether oxygens (including phenoxy) is 1. The first kappa shape index (κ1) is 25.3. The van der Waals surface area contributed by atoms with Gasteiger partial charge in [0.1, 0.15) is 17.2 Å². The molecule has 4 atom stereocenters. The van der Waals surface area contributed by atoms with E-state index in [1.807, 2.05) is 20.8 Å². The third kappa shape index (κ3) is 7.32. The number of hydrogen-bond acceptors (Lipinski definition) is 3. The molecule has 7 heteroatoms. The molecule has 0 radical (unpaired) electrons. The molecule has 4 rings (SSSR count). The van der Waals surface area contributed by atoms with Gasteiger partial charge < -0.3 is 15.2 Å². The Morgan fingerprint density at radius 3 is 1.78 bits per heavy atom. The van der Waals surface area contributed by atoms with Crippen molar-refractivity contribution in [2.45, 2.75) is 64.5 Å². The highest BCUT2D eigenvalue weighted by Crippen LogP contribution is 2.47. The molecule has 2 aromatic rings. The van der Waals surface area contributed by atoms with Gasteiger partial charge >= 0.3 is 12.1 Å². The second kappa shape index (κ2) is 10.1. The van der Waals surface area contributed by atoms with Gasteiger partial charge in [0.25, 0.3) is 0 Å². The number of nitrogens with one attached hydrogen (secondary N) is 1. The highest BCUT2D eigenvalue weighted by molar-refractivity contribution is 5.75. The molecule has 32 heavy (non-hydrogen) atoms. The molecular formula is C25H31F2NO4. The van der Waals surface area contributed by atoms with Crippen molar-refractivity contribution in [3.8, 4) is 0 Å². The van der Waals surface area contributed by atoms with Crippen LogP contribution in [0.3, 0.4) is 0 Å². The highest BCUT2D eigenvalue weighted by Gasteiger charge is 2.44. The van der Waals surface area contributed by atoms with Gasteiger partial charge in [-0.25, -0.2) is 13.6 Å². The summed E-state index contributed by atoms with van der Waals surface area (Å²) in [4.78, 5) is 22.1. The molecule has 174 valence electrons. The lowest BCUT2D eigenvalue weighted by atomic mass is 10.1. The van der Waals surface area contributed by atoms with E-state index in [0.717, 1.165) is 17.5 Å². The third-order valence-electron chi connectivity index (χ3n) is 5.20. The van der Waals surface area contributed by atoms with Gasteiger partial charge in [-0.15, -0.1) is 0 Å². The molecule has 0 bridgehead atoms. The SMILES string of the molecule is C.CC(C)(C)OC(=O)NC1CC1c1ccc(F)cc1.O=C(O)C1CC1c1ccc(F)cc1. The van der Waals surface area contributed by atoms with Crippen molar-refractivity contribution in [2.24, 2.45) is 5.92 Å². The van der Waals surface area contributed by atoms with Crippen molar-refractivity contribution in [2.75, 3.05) is 0 Å². The first-order valence-corrected chi connectivity index (χ1v) is 10.3. The van der Waals surface area contributed by atoms with Crippen molar-refractivity contribution >= 4 is 12.1 Å². The van der Waals surface area contributed by atoms with Crippen LogP contribution in [0.1, 0.15) is 64.0 Å². The molecule has 0 aliphatic heterocycles. The maximum atomic E-state index is 12.8. The number of aliphatic carboxylic acids is 1. The lowest BCUT2D eigenvalue weighted by Crippen LogP contribution is -2.34. The van der Waals surface area contributed by atoms with Crippen molar-refractivity contribution in [3.63, 3.8) is 0 Å². The minimum absolute atomic E-state index is 0. The largest absolute Gasteiger partial charge is 0.481 e. The number of halogens is 2. The first-order valence-electron chi connectivity index (χ1n) is 10.3. The van der Waals surface area contributed by atoms with E-state index in [9.17, 15) is 18.4 Å². The normalized spacial score (nSPS) is 23.0. The number of rotatable bonds is 4. The average molecular weight is 448 g/mol. The average Bonchev–Trinajstić information content (AvgIpc) is 3.57. The standard InChI is InChI=1S/C14H18FNO2.C10H9FO2.CH4/c1-14(2,3)18-13(17)16-12-8-11(12)9-4-6-10(15)7-5-9;11-7-3-1-6(2-4-7)8-5-9(8)10(12)13;/h4-7,11-12H,8H2,1-3H3,(H,16,17);1-4,8-9H,5H2,(H,12,13);1H4. The smallest absolute Gasteiger partial charge is 0.407 e. The number of benzene rings is 2. The number of alkyl carbamates (subject to hydrolysis) is 1. The van der Waals surface area contributed by atoms with E-state index in [1.165, 1.54) is 24.3 Å². The second-order valence-electron chi connectivity index (χ2n) is 8.98. The Labute approximate surface area is 187 Å². The van der Waals surface area contributed by atoms with Crippen LogP contribution in [0.2, 0.25) is 0 Å². The summed E-state index contributed by atoms with van der Waals surface area (Å²) in [5.74, 6) is -1.16. The summed E-state index contributed by atoms with van der Waals surface area (Å²) in [6, 6.07) is 12.6. The van der Waals surface area contributed by atoms with Crippen molar-refractivity contribution in [3.05, 3.63) is 71.3 Å². The first-order chi connectivity index (χ1) is 14.5. The highest BCUT2D eigenvalue weighted by atomic mass is 19.1. The van der Waals surface area contributed by atoms with Crippen LogP contribution >= 0.6 is 0 Å². The van der Waals surface area contributed by atoms with Gasteiger partial charge in [0.2, 0.25) is 0 Å². The predicted molar refractivity (Wildman–Crippen MR) is 119 cm³/mol. The summed E-state index contributed by atoms with van der Waals surface area (Å²) in [6.07, 6.45) is 1.17. The zero-order valence-corrected chi connectivity index (χ0v) is 17.8. The number of carbonyl (C=O) groups is 2. The quantitative estimate of drug-likeness (QED) is 0.616. The van der Waals surface area contributed by atoms with Gasteiger partial charge in [0, 0.05) is 12.0 Å². The van der Waals surface area contributed by atoms with Crippen molar-refractivity contribution in [1.29, 1.82) is 0 Å². The van der Waals surface area contributed by atoms with Gasteiger partial charge in [-0.2, -0.15) is 0 Å². The van der Waals surface area contributed by atoms with Crippen molar-refractivity contribution in [1.82, 2.24) is 5.32 Å². The van der Waals surface area contributed by atoms with Crippen LogP contribution in [-0.4, -0.2) is 28.8 Å². The lowest BCUT2D eigenvalue weighted by molar-refractivity contribution is -0.138. The van der Waals surface area contributed by atoms with Crippen LogP contribution in [0.4, 0.5) is 13.6 Å². The molecule has 4 unspecified atom stereocenters. The van der Waals surface area contributed by atoms with E-state index in [4.69, 9.17) is 9.84 Å². The molecule has 2 saturated carbocycles. The molecule has 2 aliphatic carbocycles. The molecule has 5 nitrogen and oxygen atoms in total. The Bertz CT molecular complexity index is 922. The maximum Gasteiger partial charge on any atom is 0.407 e. The zero-order valence-electron chi connectivity index (χ0n) is 17.8. The van der Waals surface area contributed by atoms with Crippen LogP contribution in [-0.2, 0) is 9.53 Å². The third-order valence-corrected chi connectivity index (χ3v) is 5.20. The Kier molecular flexibility index (Phi) is 7.99. The second-order valence-corrected chi connectivity index (χ2v) is 8.98. The van der Waals surface area contributed by atoms with Gasteiger partial charge in [-0.05, 0) is 74.9 Å². The summed E-state index contributed by atoms with van der Waals surface area (Å²) in [5.41, 5.74) is 1.50. The molecule has 2 aromatic carbocycles. The Balaban J connectivity index is 0.000000230. The van der Waals surface area contributed by atoms with E-state index in [1.54, 1.807) is 24.3 Å². The molecule has 0 saturated heterocycles. The molecule has 0 spiro atoms. The minimum Gasteiger partial charge on any atom is -0.481 e. The molecule has 0 heterocycles. The van der Waals surface area contributed by atoms with E-state index in [-0.39, 0.29) is 42.9 Å². The molecule has 2 aliphatic rings. The summed E-state index contributed by atoms with van der Waals surface area (Å²) >= 11 is 0. The van der Waals surface area contributed by atoms with Crippen molar-refractivity contribution < 1.29 is 28.2 Å². The van der Waals surface area contributed by atoms with E-state index >= 15 is 0 Å². The van der Waals surface area contributed by atoms with Gasteiger partial charge in [0.15, 0.2) is 0 Å². The van der Waals surface area contributed by atoms with E-state index in [2.05, 4.69) is 5.32 Å². The Hall–Kier alpha value is -2.96. The van der Waals surface area contributed by atoms with Gasteiger partial charge in [-0.3, -0.25) is 4.79 Å². The number of carboxylic acid groups (broad SMARTS) is 1. The lowest BCUT2D eigenvalue weighted by Gasteiger charge is -2.19. The van der Waals surface area contributed by atoms with Crippen LogP contribution in [0.25, 0.3) is 0 Å². The molecular weight excluding hydrogens is 416 g/mol. The van der Waals surface area contributed by atoms with E-state index < -0.39 is 17.7 Å². The van der Waals surface area contributed by atoms with Crippen LogP contribution in [0.5, 0.6) is 0 Å². The molecule has 0 aromatic heterocycles. The fourth-order valence-corrected chi connectivity index (χ4v) is 3.44. The summed E-state index contributed by atoms with van der Waals surface area (Å²) in [7, 11) is 0. The number of amides is 1. The maximum absolute atomic E-state index is 12.8. The summed E-state index contributed by atoms with van der Waals surface area (Å²) in [6.45, 7) is 5.49. The minimum atomic E-state index is -0.755. The van der Waals surface area contributed by atoms with Crippen LogP contribution < -0.4 is 5.32 Å². The monoisotopic (exact) mass is 447 g/mol. The Morgan fingerprint density at radius 2 is 1.38 bits per heavy atom. The van der Waals surface area contributed by atoms with Gasteiger partial charge in [0.05, 0.1) is 5.92 Å². The summed E-state index contributed by atoms with van der Waals surface area (Å²) in [5, 5.41) is 11.5. The topological polar surface area (TPSA) is 75.6 Å². The van der Waals surface area contributed by atoms with E-state index in [0.29, 0.717) is 6.42 Å². The fourth-order valence-electron chi connectivity index (χ4n) is 3.44. The molecule has 2 N–H and O–H groups in total. The van der Waals surface area contributed by atoms with Crippen LogP contribution in [0, 0.1) is 17.6 Å². The predicted octanol–water partition coefficient (Wildman–Crippen LogP) is 5.86. The number of carbonyl (C=O) groups excluding carboxylic acids is 1. The Morgan fingerprint density at radius 1 is 0.906 bits per heavy atom. The number of hydrogen-bond donors (Lipinski definition) is 2.